The molecule has 1 N–H and O–H groups in total. The van der Waals surface area contributed by atoms with Gasteiger partial charge in [0, 0.05) is 5.56 Å². The van der Waals surface area contributed by atoms with E-state index in [1.165, 1.54) is 16.2 Å². The number of amides is 1. The van der Waals surface area contributed by atoms with Crippen molar-refractivity contribution in [3.63, 3.8) is 0 Å². The number of hydrogen-bond acceptors (Lipinski definition) is 9. The zero-order valence-corrected chi connectivity index (χ0v) is 21.4. The number of unbranched alkanes of at least 4 members (excludes halogenated alkanes) is 2. The lowest BCUT2D eigenvalue weighted by Gasteiger charge is -2.23. The van der Waals surface area contributed by atoms with Crippen LogP contribution >= 0.6 is 11.3 Å². The van der Waals surface area contributed by atoms with Crippen LogP contribution in [0.4, 0.5) is 5.13 Å². The van der Waals surface area contributed by atoms with E-state index in [2.05, 4.69) is 17.1 Å². The maximum Gasteiger partial charge on any atom is 0.301 e. The standard InChI is InChI=1S/C27H27N3O6S/c1-3-4-5-12-34-19-9-6-17(7-10-19)23-22(25(32)26(33)30(23)27-29-28-16(2)37-27)24(31)18-8-11-20-21(15-18)36-14-13-35-20/h6-11,15,23,31H,3-5,12-14H2,1-2H3/b24-22+. The Morgan fingerprint density at radius 2 is 1.84 bits per heavy atom. The number of nitrogens with zero attached hydrogens (tertiary/aromatic N) is 3. The van der Waals surface area contributed by atoms with Crippen LogP contribution in [0.15, 0.2) is 48.0 Å². The molecular formula is C27H27N3O6S. The van der Waals surface area contributed by atoms with Crippen molar-refractivity contribution in [1.29, 1.82) is 0 Å². The topological polar surface area (TPSA) is 111 Å². The number of ether oxygens (including phenoxy) is 3. The highest BCUT2D eigenvalue weighted by molar-refractivity contribution is 7.15. The van der Waals surface area contributed by atoms with Crippen LogP contribution in [0.3, 0.4) is 0 Å². The highest BCUT2D eigenvalue weighted by atomic mass is 32.1. The second-order valence-corrected chi connectivity index (χ2v) is 9.92. The Labute approximate surface area is 218 Å². The smallest absolute Gasteiger partial charge is 0.301 e. The molecule has 2 aliphatic heterocycles. The predicted octanol–water partition coefficient (Wildman–Crippen LogP) is 4.81. The Kier molecular flexibility index (Phi) is 7.09. The number of hydrogen-bond donors (Lipinski definition) is 1. The number of aliphatic hydroxyl groups excluding tert-OH is 1. The summed E-state index contributed by atoms with van der Waals surface area (Å²) < 4.78 is 17.0. The number of aliphatic hydroxyl groups is 1. The van der Waals surface area contributed by atoms with Gasteiger partial charge in [-0.1, -0.05) is 43.2 Å². The number of rotatable bonds is 8. The second kappa shape index (κ2) is 10.6. The number of anilines is 1. The summed E-state index contributed by atoms with van der Waals surface area (Å²) in [5.74, 6) is -0.173. The summed E-state index contributed by atoms with van der Waals surface area (Å²) in [5, 5.41) is 20.4. The largest absolute Gasteiger partial charge is 0.507 e. The molecule has 9 nitrogen and oxygen atoms in total. The van der Waals surface area contributed by atoms with Crippen molar-refractivity contribution in [3.8, 4) is 17.2 Å². The average molecular weight is 522 g/mol. The van der Waals surface area contributed by atoms with Crippen molar-refractivity contribution < 1.29 is 28.9 Å². The molecule has 2 aliphatic rings. The summed E-state index contributed by atoms with van der Waals surface area (Å²) in [4.78, 5) is 27.9. The third-order valence-electron chi connectivity index (χ3n) is 6.19. The predicted molar refractivity (Wildman–Crippen MR) is 138 cm³/mol. The third kappa shape index (κ3) is 4.89. The fourth-order valence-corrected chi connectivity index (χ4v) is 5.08. The monoisotopic (exact) mass is 521 g/mol. The molecule has 0 aliphatic carbocycles. The van der Waals surface area contributed by atoms with Crippen LogP contribution in [0.25, 0.3) is 5.76 Å². The molecule has 0 radical (unpaired) electrons. The molecule has 0 bridgehead atoms. The summed E-state index contributed by atoms with van der Waals surface area (Å²) in [7, 11) is 0. The molecular weight excluding hydrogens is 494 g/mol. The first-order valence-corrected chi connectivity index (χ1v) is 13.0. The van der Waals surface area contributed by atoms with Crippen LogP contribution in [0.2, 0.25) is 0 Å². The number of Topliss-reactive ketones (excluding diaryl/α,β-unsaturated/α-hetero) is 1. The van der Waals surface area contributed by atoms with Gasteiger partial charge in [-0.25, -0.2) is 0 Å². The summed E-state index contributed by atoms with van der Waals surface area (Å²) in [6.45, 7) is 5.33. The van der Waals surface area contributed by atoms with E-state index in [-0.39, 0.29) is 16.5 Å². The first kappa shape index (κ1) is 24.8. The molecule has 1 atom stereocenters. The van der Waals surface area contributed by atoms with E-state index in [4.69, 9.17) is 14.2 Å². The van der Waals surface area contributed by atoms with Gasteiger partial charge in [0.25, 0.3) is 5.78 Å². The van der Waals surface area contributed by atoms with Crippen LogP contribution < -0.4 is 19.1 Å². The van der Waals surface area contributed by atoms with Gasteiger partial charge in [-0.05, 0) is 49.2 Å². The van der Waals surface area contributed by atoms with Gasteiger partial charge < -0.3 is 19.3 Å². The Morgan fingerprint density at radius 3 is 2.54 bits per heavy atom. The minimum absolute atomic E-state index is 0.0360. The zero-order valence-electron chi connectivity index (χ0n) is 20.6. The molecule has 37 heavy (non-hydrogen) atoms. The normalized spacial score (nSPS) is 18.3. The number of aromatic nitrogens is 2. The minimum atomic E-state index is -0.894. The molecule has 192 valence electrons. The lowest BCUT2D eigenvalue weighted by Crippen LogP contribution is -2.29. The molecule has 1 fully saturated rings. The van der Waals surface area contributed by atoms with E-state index >= 15 is 0 Å². The summed E-state index contributed by atoms with van der Waals surface area (Å²) in [5.41, 5.74) is 0.940. The first-order valence-electron chi connectivity index (χ1n) is 12.2. The molecule has 3 heterocycles. The first-order chi connectivity index (χ1) is 18.0. The van der Waals surface area contributed by atoms with Gasteiger partial charge >= 0.3 is 5.91 Å². The fourth-order valence-electron chi connectivity index (χ4n) is 4.36. The van der Waals surface area contributed by atoms with E-state index < -0.39 is 17.7 Å². The van der Waals surface area contributed by atoms with E-state index in [0.717, 1.165) is 19.3 Å². The average Bonchev–Trinajstić information content (AvgIpc) is 3.46. The van der Waals surface area contributed by atoms with Gasteiger partial charge in [-0.3, -0.25) is 14.5 Å². The quantitative estimate of drug-likeness (QED) is 0.195. The molecule has 1 unspecified atom stereocenters. The molecule has 1 saturated heterocycles. The van der Waals surface area contributed by atoms with Crippen LogP contribution in [0, 0.1) is 6.92 Å². The van der Waals surface area contributed by atoms with E-state index in [9.17, 15) is 14.7 Å². The molecule has 1 amide bonds. The number of fused-ring (bicyclic) bond motifs is 1. The number of ketones is 1. The van der Waals surface area contributed by atoms with Gasteiger partial charge in [0.15, 0.2) is 11.5 Å². The zero-order chi connectivity index (χ0) is 25.9. The molecule has 3 aromatic rings. The van der Waals surface area contributed by atoms with E-state index in [1.54, 1.807) is 49.4 Å². The number of carbonyl (C=O) groups is 2. The maximum atomic E-state index is 13.3. The van der Waals surface area contributed by atoms with Gasteiger partial charge in [0.05, 0.1) is 18.2 Å². The fraction of sp³-hybridized carbons (Fsp3) is 0.333. The Hall–Kier alpha value is -3.92. The number of carbonyl (C=O) groups excluding carboxylic acids is 2. The van der Waals surface area contributed by atoms with Crippen molar-refractivity contribution in [2.24, 2.45) is 0 Å². The SMILES string of the molecule is CCCCCOc1ccc(C2/C(=C(\O)c3ccc4c(c3)OCCO4)C(=O)C(=O)N2c2nnc(C)s2)cc1. The van der Waals surface area contributed by atoms with Crippen molar-refractivity contribution in [2.45, 2.75) is 39.2 Å². The van der Waals surface area contributed by atoms with Crippen LogP contribution in [-0.2, 0) is 9.59 Å². The lowest BCUT2D eigenvalue weighted by molar-refractivity contribution is -0.132. The molecule has 2 aromatic carbocycles. The van der Waals surface area contributed by atoms with E-state index in [1.807, 2.05) is 0 Å². The Bertz CT molecular complexity index is 1350. The summed E-state index contributed by atoms with van der Waals surface area (Å²) >= 11 is 1.20. The summed E-state index contributed by atoms with van der Waals surface area (Å²) in [6.07, 6.45) is 3.16. The van der Waals surface area contributed by atoms with Crippen molar-refractivity contribution in [1.82, 2.24) is 10.2 Å². The molecule has 0 saturated carbocycles. The van der Waals surface area contributed by atoms with Crippen molar-refractivity contribution >= 4 is 33.9 Å². The lowest BCUT2D eigenvalue weighted by atomic mass is 9.95. The minimum Gasteiger partial charge on any atom is -0.507 e. The molecule has 5 rings (SSSR count). The van der Waals surface area contributed by atoms with Gasteiger partial charge in [0.2, 0.25) is 5.13 Å². The highest BCUT2D eigenvalue weighted by Crippen LogP contribution is 2.44. The van der Waals surface area contributed by atoms with Crippen molar-refractivity contribution in [2.75, 3.05) is 24.7 Å². The third-order valence-corrected chi connectivity index (χ3v) is 7.03. The Balaban J connectivity index is 1.56. The Morgan fingerprint density at radius 1 is 1.08 bits per heavy atom. The van der Waals surface area contributed by atoms with E-state index in [0.29, 0.717) is 53.2 Å². The van der Waals surface area contributed by atoms with Crippen LogP contribution in [-0.4, -0.2) is 46.8 Å². The van der Waals surface area contributed by atoms with Crippen LogP contribution in [0.1, 0.15) is 48.4 Å². The van der Waals surface area contributed by atoms with Crippen LogP contribution in [0.5, 0.6) is 17.2 Å². The molecule has 0 spiro atoms. The number of aryl methyl sites for hydroxylation is 1. The number of benzene rings is 2. The molecule has 10 heteroatoms. The summed E-state index contributed by atoms with van der Waals surface area (Å²) in [6, 6.07) is 11.2. The van der Waals surface area contributed by atoms with Gasteiger partial charge in [-0.15, -0.1) is 10.2 Å². The van der Waals surface area contributed by atoms with Gasteiger partial charge in [-0.2, -0.15) is 0 Å². The highest BCUT2D eigenvalue weighted by Gasteiger charge is 2.48. The molecule has 1 aromatic heterocycles. The second-order valence-electron chi connectivity index (χ2n) is 8.76. The van der Waals surface area contributed by atoms with Crippen molar-refractivity contribution in [3.05, 3.63) is 64.2 Å². The maximum absolute atomic E-state index is 13.3. The van der Waals surface area contributed by atoms with Gasteiger partial charge in [0.1, 0.15) is 29.7 Å².